The van der Waals surface area contributed by atoms with E-state index in [0.29, 0.717) is 25.3 Å². The Morgan fingerprint density at radius 1 is 0.649 bits per heavy atom. The summed E-state index contributed by atoms with van der Waals surface area (Å²) in [7, 11) is 4.01. The lowest BCUT2D eigenvalue weighted by molar-refractivity contribution is -0.126. The predicted octanol–water partition coefficient (Wildman–Crippen LogP) is 5.12. The van der Waals surface area contributed by atoms with Gasteiger partial charge < -0.3 is 20.9 Å². The predicted molar refractivity (Wildman–Crippen MR) is 154 cm³/mol. The maximum absolute atomic E-state index is 12.4. The molecule has 0 aliphatic carbocycles. The number of carbonyl (C=O) groups excluding carboxylic acids is 3. The molecule has 0 saturated carbocycles. The molecule has 2 unspecified atom stereocenters. The van der Waals surface area contributed by atoms with Crippen molar-refractivity contribution >= 4 is 17.6 Å². The van der Waals surface area contributed by atoms with Gasteiger partial charge in [-0.2, -0.15) is 0 Å². The molecule has 2 amide bonds. The standard InChI is InChI=1S/C30H58N4O3/c1-4-5-6-7-8-9-10-11-12-13-14-15-16-20-27(35)30-26(33-30)19-17-23-31-28(36)21-22-29(37)32-24-18-25-34(2)3/h26,30,33H,4-25H2,1-3H3,(H,31,36)(H,32,37). The SMILES string of the molecule is CCCCCCCCCCCCCCCC(=O)C1NC1CCCNC(=O)CCC(=O)NCCCN(C)C. The maximum atomic E-state index is 12.4. The molecule has 0 radical (unpaired) electrons. The number of amides is 2. The monoisotopic (exact) mass is 522 g/mol. The molecular weight excluding hydrogens is 464 g/mol. The van der Waals surface area contributed by atoms with Gasteiger partial charge in [0.15, 0.2) is 5.78 Å². The lowest BCUT2D eigenvalue weighted by Crippen LogP contribution is -2.30. The van der Waals surface area contributed by atoms with Crippen LogP contribution in [-0.4, -0.2) is 68.3 Å². The number of Topliss-reactive ketones (excluding diaryl/α,β-unsaturated/α-hetero) is 1. The third-order valence-electron chi connectivity index (χ3n) is 7.26. The van der Waals surface area contributed by atoms with Crippen LogP contribution >= 0.6 is 0 Å². The summed E-state index contributed by atoms with van der Waals surface area (Å²) >= 11 is 0. The van der Waals surface area contributed by atoms with Crippen LogP contribution in [0.1, 0.15) is 129 Å². The van der Waals surface area contributed by atoms with Crippen molar-refractivity contribution in [3.8, 4) is 0 Å². The normalized spacial score (nSPS) is 16.6. The fourth-order valence-electron chi connectivity index (χ4n) is 4.79. The first-order chi connectivity index (χ1) is 17.9. The molecule has 0 aromatic carbocycles. The lowest BCUT2D eigenvalue weighted by atomic mass is 10.0. The number of hydrogen-bond donors (Lipinski definition) is 3. The zero-order valence-electron chi connectivity index (χ0n) is 24.4. The fraction of sp³-hybridized carbons (Fsp3) is 0.900. The lowest BCUT2D eigenvalue weighted by Gasteiger charge is -2.10. The number of unbranched alkanes of at least 4 members (excludes halogenated alkanes) is 12. The first kappa shape index (κ1) is 33.6. The average molecular weight is 523 g/mol. The van der Waals surface area contributed by atoms with Crippen molar-refractivity contribution in [3.05, 3.63) is 0 Å². The molecule has 1 rings (SSSR count). The summed E-state index contributed by atoms with van der Waals surface area (Å²) in [5.74, 6) is 0.205. The number of nitrogens with zero attached hydrogens (tertiary/aromatic N) is 1. The molecule has 0 spiro atoms. The van der Waals surface area contributed by atoms with Gasteiger partial charge in [-0.15, -0.1) is 0 Å². The van der Waals surface area contributed by atoms with Crippen LogP contribution < -0.4 is 16.0 Å². The summed E-state index contributed by atoms with van der Waals surface area (Å²) < 4.78 is 0. The molecule has 3 N–H and O–H groups in total. The highest BCUT2D eigenvalue weighted by atomic mass is 16.2. The van der Waals surface area contributed by atoms with E-state index in [-0.39, 0.29) is 36.7 Å². The third-order valence-corrected chi connectivity index (χ3v) is 7.26. The van der Waals surface area contributed by atoms with Crippen molar-refractivity contribution in [3.63, 3.8) is 0 Å². The summed E-state index contributed by atoms with van der Waals surface area (Å²) in [4.78, 5) is 38.2. The van der Waals surface area contributed by atoms with Crippen LogP contribution in [0.15, 0.2) is 0 Å². The van der Waals surface area contributed by atoms with E-state index in [0.717, 1.165) is 32.2 Å². The fourth-order valence-corrected chi connectivity index (χ4v) is 4.79. The minimum atomic E-state index is -0.0813. The molecule has 7 nitrogen and oxygen atoms in total. The van der Waals surface area contributed by atoms with Gasteiger partial charge in [0.2, 0.25) is 11.8 Å². The highest BCUT2D eigenvalue weighted by molar-refractivity contribution is 5.87. The van der Waals surface area contributed by atoms with Crippen molar-refractivity contribution < 1.29 is 14.4 Å². The largest absolute Gasteiger partial charge is 0.356 e. The summed E-state index contributed by atoms with van der Waals surface area (Å²) in [5.41, 5.74) is 0. The highest BCUT2D eigenvalue weighted by Crippen LogP contribution is 2.20. The van der Waals surface area contributed by atoms with Gasteiger partial charge in [-0.3, -0.25) is 14.4 Å². The molecule has 0 aromatic heterocycles. The quantitative estimate of drug-likeness (QED) is 0.108. The molecule has 1 fully saturated rings. The van der Waals surface area contributed by atoms with E-state index in [1.54, 1.807) is 0 Å². The zero-order chi connectivity index (χ0) is 27.1. The Kier molecular flexibility index (Phi) is 20.4. The van der Waals surface area contributed by atoms with Crippen molar-refractivity contribution in [1.82, 2.24) is 20.9 Å². The first-order valence-electron chi connectivity index (χ1n) is 15.4. The Balaban J connectivity index is 1.87. The molecule has 1 saturated heterocycles. The Hall–Kier alpha value is -1.47. The smallest absolute Gasteiger partial charge is 0.220 e. The number of hydrogen-bond acceptors (Lipinski definition) is 5. The zero-order valence-corrected chi connectivity index (χ0v) is 24.4. The van der Waals surface area contributed by atoms with Crippen molar-refractivity contribution in [2.75, 3.05) is 33.7 Å². The van der Waals surface area contributed by atoms with Gasteiger partial charge in [-0.1, -0.05) is 84.0 Å². The van der Waals surface area contributed by atoms with E-state index in [1.807, 2.05) is 14.1 Å². The number of ketones is 1. The van der Waals surface area contributed by atoms with E-state index in [2.05, 4.69) is 27.8 Å². The molecule has 37 heavy (non-hydrogen) atoms. The Morgan fingerprint density at radius 2 is 1.14 bits per heavy atom. The van der Waals surface area contributed by atoms with Gasteiger partial charge in [-0.05, 0) is 46.3 Å². The van der Waals surface area contributed by atoms with Gasteiger partial charge in [-0.25, -0.2) is 0 Å². The number of rotatable bonds is 26. The topological polar surface area (TPSA) is 100 Å². The Bertz CT molecular complexity index is 612. The first-order valence-corrected chi connectivity index (χ1v) is 15.4. The van der Waals surface area contributed by atoms with Crippen LogP contribution in [0.3, 0.4) is 0 Å². The van der Waals surface area contributed by atoms with Crippen LogP contribution in [0, 0.1) is 0 Å². The molecule has 0 bridgehead atoms. The van der Waals surface area contributed by atoms with Gasteiger partial charge in [0.25, 0.3) is 0 Å². The van der Waals surface area contributed by atoms with Crippen LogP contribution in [0.25, 0.3) is 0 Å². The highest BCUT2D eigenvalue weighted by Gasteiger charge is 2.40. The van der Waals surface area contributed by atoms with Crippen molar-refractivity contribution in [1.29, 1.82) is 0 Å². The van der Waals surface area contributed by atoms with E-state index in [9.17, 15) is 14.4 Å². The molecule has 1 heterocycles. The third kappa shape index (κ3) is 20.2. The van der Waals surface area contributed by atoms with Crippen molar-refractivity contribution in [2.24, 2.45) is 0 Å². The van der Waals surface area contributed by atoms with Crippen LogP contribution in [-0.2, 0) is 14.4 Å². The number of carbonyl (C=O) groups is 3. The average Bonchev–Trinajstić information content (AvgIpc) is 3.65. The number of nitrogens with one attached hydrogen (secondary N) is 3. The van der Waals surface area contributed by atoms with Gasteiger partial charge in [0.1, 0.15) is 0 Å². The molecular formula is C30H58N4O3. The Labute approximate surface area is 227 Å². The minimum absolute atomic E-state index is 0.0317. The molecule has 1 aliphatic rings. The van der Waals surface area contributed by atoms with Gasteiger partial charge in [0, 0.05) is 38.4 Å². The second-order valence-corrected chi connectivity index (χ2v) is 11.2. The summed E-state index contributed by atoms with van der Waals surface area (Å²) in [6.07, 6.45) is 21.0. The van der Waals surface area contributed by atoms with E-state index >= 15 is 0 Å². The van der Waals surface area contributed by atoms with Crippen LogP contribution in [0.5, 0.6) is 0 Å². The summed E-state index contributed by atoms with van der Waals surface area (Å²) in [5, 5.41) is 9.05. The molecule has 7 heteroatoms. The molecule has 1 aliphatic heterocycles. The Morgan fingerprint density at radius 3 is 1.65 bits per heavy atom. The summed E-state index contributed by atoms with van der Waals surface area (Å²) in [6.45, 7) is 4.44. The summed E-state index contributed by atoms with van der Waals surface area (Å²) in [6, 6.07) is 0.309. The van der Waals surface area contributed by atoms with E-state index in [4.69, 9.17) is 0 Å². The van der Waals surface area contributed by atoms with Crippen molar-refractivity contribution in [2.45, 2.75) is 141 Å². The van der Waals surface area contributed by atoms with Gasteiger partial charge >= 0.3 is 0 Å². The maximum Gasteiger partial charge on any atom is 0.220 e. The van der Waals surface area contributed by atoms with E-state index in [1.165, 1.54) is 77.0 Å². The molecule has 0 aromatic rings. The van der Waals surface area contributed by atoms with Crippen LogP contribution in [0.2, 0.25) is 0 Å². The second kappa shape index (κ2) is 22.5. The van der Waals surface area contributed by atoms with Crippen LogP contribution in [0.4, 0.5) is 0 Å². The second-order valence-electron chi connectivity index (χ2n) is 11.2. The van der Waals surface area contributed by atoms with Gasteiger partial charge in [0.05, 0.1) is 6.04 Å². The molecule has 216 valence electrons. The minimum Gasteiger partial charge on any atom is -0.356 e. The molecule has 2 atom stereocenters. The van der Waals surface area contributed by atoms with E-state index < -0.39 is 0 Å².